The molecule has 1 aromatic carbocycles. The highest BCUT2D eigenvalue weighted by Gasteiger charge is 2.36. The van der Waals surface area contributed by atoms with Crippen LogP contribution in [-0.4, -0.2) is 34.5 Å². The summed E-state index contributed by atoms with van der Waals surface area (Å²) in [5, 5.41) is 0.0870. The summed E-state index contributed by atoms with van der Waals surface area (Å²) in [5.41, 5.74) is 1.33. The van der Waals surface area contributed by atoms with Gasteiger partial charge in [0.1, 0.15) is 0 Å². The van der Waals surface area contributed by atoms with Crippen LogP contribution in [0.25, 0.3) is 0 Å². The van der Waals surface area contributed by atoms with Gasteiger partial charge in [-0.15, -0.1) is 23.4 Å². The van der Waals surface area contributed by atoms with E-state index in [0.29, 0.717) is 17.8 Å². The van der Waals surface area contributed by atoms with Crippen molar-refractivity contribution in [2.45, 2.75) is 48.3 Å². The van der Waals surface area contributed by atoms with Crippen LogP contribution in [0.15, 0.2) is 29.2 Å². The second-order valence-corrected chi connectivity index (χ2v) is 7.20. The Morgan fingerprint density at radius 1 is 1.40 bits per heavy atom. The molecule has 1 amide bonds. The van der Waals surface area contributed by atoms with E-state index in [0.717, 1.165) is 38.6 Å². The van der Waals surface area contributed by atoms with E-state index in [1.54, 1.807) is 11.8 Å². The minimum atomic E-state index is 0.0870. The summed E-state index contributed by atoms with van der Waals surface area (Å²) in [6, 6.07) is 8.81. The van der Waals surface area contributed by atoms with Crippen molar-refractivity contribution in [2.24, 2.45) is 0 Å². The molecule has 20 heavy (non-hydrogen) atoms. The molecule has 2 atom stereocenters. The lowest BCUT2D eigenvalue weighted by Crippen LogP contribution is -2.41. The average molecular weight is 310 g/mol. The fourth-order valence-electron chi connectivity index (χ4n) is 3.24. The van der Waals surface area contributed by atoms with Crippen molar-refractivity contribution in [3.8, 4) is 0 Å². The van der Waals surface area contributed by atoms with Gasteiger partial charge in [-0.25, -0.2) is 0 Å². The molecule has 0 saturated carbocycles. The number of nitrogens with zero attached hydrogens (tertiary/aromatic N) is 1. The fraction of sp³-hybridized carbons (Fsp3) is 0.562. The molecule has 2 aliphatic rings. The lowest BCUT2D eigenvalue weighted by atomic mass is 10.1. The maximum atomic E-state index is 12.8. The number of hydrogen-bond donors (Lipinski definition) is 0. The SMILES string of the molecule is O=C(C1Cc2ccccc2S1)N1CCCC1CCCCl. The molecule has 3 rings (SSSR count). The molecule has 0 spiro atoms. The molecule has 1 fully saturated rings. The van der Waals surface area contributed by atoms with Crippen LogP contribution in [-0.2, 0) is 11.2 Å². The molecule has 0 radical (unpaired) electrons. The molecule has 2 unspecified atom stereocenters. The van der Waals surface area contributed by atoms with E-state index in [9.17, 15) is 4.79 Å². The van der Waals surface area contributed by atoms with Gasteiger partial charge in [0.05, 0.1) is 5.25 Å². The maximum Gasteiger partial charge on any atom is 0.236 e. The fourth-order valence-corrected chi connectivity index (χ4v) is 4.66. The van der Waals surface area contributed by atoms with Gasteiger partial charge < -0.3 is 4.90 Å². The highest BCUT2D eigenvalue weighted by Crippen LogP contribution is 2.38. The highest BCUT2D eigenvalue weighted by molar-refractivity contribution is 8.01. The van der Waals surface area contributed by atoms with Crippen molar-refractivity contribution in [1.82, 2.24) is 4.90 Å². The highest BCUT2D eigenvalue weighted by atomic mass is 35.5. The van der Waals surface area contributed by atoms with Crippen LogP contribution in [0.4, 0.5) is 0 Å². The summed E-state index contributed by atoms with van der Waals surface area (Å²) in [6.07, 6.45) is 5.24. The Hall–Kier alpha value is -0.670. The molecular weight excluding hydrogens is 290 g/mol. The number of carbonyl (C=O) groups excluding carboxylic acids is 1. The molecule has 2 nitrogen and oxygen atoms in total. The Morgan fingerprint density at radius 3 is 3.05 bits per heavy atom. The number of rotatable bonds is 4. The first-order chi connectivity index (χ1) is 9.79. The van der Waals surface area contributed by atoms with E-state index >= 15 is 0 Å². The van der Waals surface area contributed by atoms with Crippen molar-refractivity contribution in [3.63, 3.8) is 0 Å². The quantitative estimate of drug-likeness (QED) is 0.790. The second kappa shape index (κ2) is 6.40. The lowest BCUT2D eigenvalue weighted by Gasteiger charge is -2.27. The zero-order chi connectivity index (χ0) is 13.9. The molecule has 0 N–H and O–H groups in total. The Bertz CT molecular complexity index is 468. The van der Waals surface area contributed by atoms with Gasteiger partial charge in [-0.1, -0.05) is 18.2 Å². The number of alkyl halides is 1. The summed E-state index contributed by atoms with van der Waals surface area (Å²) in [4.78, 5) is 16.2. The van der Waals surface area contributed by atoms with Gasteiger partial charge in [-0.2, -0.15) is 0 Å². The predicted molar refractivity (Wildman–Crippen MR) is 84.5 cm³/mol. The van der Waals surface area contributed by atoms with Crippen molar-refractivity contribution >= 4 is 29.3 Å². The number of halogens is 1. The van der Waals surface area contributed by atoms with Crippen LogP contribution >= 0.6 is 23.4 Å². The predicted octanol–water partition coefficient (Wildman–Crippen LogP) is 3.71. The van der Waals surface area contributed by atoms with Crippen molar-refractivity contribution in [3.05, 3.63) is 29.8 Å². The third-order valence-corrected chi connectivity index (χ3v) is 5.83. The van der Waals surface area contributed by atoms with Crippen LogP contribution in [0.1, 0.15) is 31.2 Å². The number of benzene rings is 1. The van der Waals surface area contributed by atoms with E-state index in [4.69, 9.17) is 11.6 Å². The van der Waals surface area contributed by atoms with E-state index in [2.05, 4.69) is 29.2 Å². The first-order valence-corrected chi connectivity index (χ1v) is 8.82. The van der Waals surface area contributed by atoms with E-state index in [-0.39, 0.29) is 5.25 Å². The largest absolute Gasteiger partial charge is 0.339 e. The number of thioether (sulfide) groups is 1. The van der Waals surface area contributed by atoms with Crippen LogP contribution in [0.2, 0.25) is 0 Å². The zero-order valence-corrected chi connectivity index (χ0v) is 13.1. The number of hydrogen-bond acceptors (Lipinski definition) is 2. The van der Waals surface area contributed by atoms with E-state index in [1.165, 1.54) is 10.5 Å². The second-order valence-electron chi connectivity index (χ2n) is 5.58. The smallest absolute Gasteiger partial charge is 0.236 e. The molecule has 4 heteroatoms. The molecule has 0 bridgehead atoms. The van der Waals surface area contributed by atoms with Crippen LogP contribution in [0.3, 0.4) is 0 Å². The van der Waals surface area contributed by atoms with Gasteiger partial charge in [-0.3, -0.25) is 4.79 Å². The molecule has 2 heterocycles. The summed E-state index contributed by atoms with van der Waals surface area (Å²) in [6.45, 7) is 0.930. The van der Waals surface area contributed by atoms with Crippen LogP contribution < -0.4 is 0 Å². The third kappa shape index (κ3) is 2.84. The van der Waals surface area contributed by atoms with Crippen molar-refractivity contribution in [2.75, 3.05) is 12.4 Å². The average Bonchev–Trinajstić information content (AvgIpc) is 3.10. The molecule has 1 saturated heterocycles. The Morgan fingerprint density at radius 2 is 2.25 bits per heavy atom. The molecule has 0 aliphatic carbocycles. The molecular formula is C16H20ClNOS. The molecule has 2 aliphatic heterocycles. The van der Waals surface area contributed by atoms with Crippen molar-refractivity contribution in [1.29, 1.82) is 0 Å². The number of likely N-dealkylation sites (tertiary alicyclic amines) is 1. The third-order valence-electron chi connectivity index (χ3n) is 4.25. The van der Waals surface area contributed by atoms with E-state index < -0.39 is 0 Å². The van der Waals surface area contributed by atoms with Gasteiger partial charge in [0.15, 0.2) is 0 Å². The van der Waals surface area contributed by atoms with Crippen molar-refractivity contribution < 1.29 is 4.79 Å². The summed E-state index contributed by atoms with van der Waals surface area (Å²) in [5.74, 6) is 1.03. The molecule has 108 valence electrons. The Balaban J connectivity index is 1.65. The minimum Gasteiger partial charge on any atom is -0.339 e. The summed E-state index contributed by atoms with van der Waals surface area (Å²) < 4.78 is 0. The first-order valence-electron chi connectivity index (χ1n) is 7.40. The van der Waals surface area contributed by atoms with Gasteiger partial charge in [0.2, 0.25) is 5.91 Å². The van der Waals surface area contributed by atoms with E-state index in [1.807, 2.05) is 0 Å². The van der Waals surface area contributed by atoms with Gasteiger partial charge in [0, 0.05) is 23.4 Å². The standard InChI is InChI=1S/C16H20ClNOS/c17-9-3-6-13-7-4-10-18(13)16(19)15-11-12-5-1-2-8-14(12)20-15/h1-2,5,8,13,15H,3-4,6-7,9-11H2. The topological polar surface area (TPSA) is 20.3 Å². The van der Waals surface area contributed by atoms with Crippen LogP contribution in [0, 0.1) is 0 Å². The number of carbonyl (C=O) groups is 1. The lowest BCUT2D eigenvalue weighted by molar-refractivity contribution is -0.131. The number of fused-ring (bicyclic) bond motifs is 1. The normalized spacial score (nSPS) is 24.9. The maximum absolute atomic E-state index is 12.8. The molecule has 0 aromatic heterocycles. The summed E-state index contributed by atoms with van der Waals surface area (Å²) in [7, 11) is 0. The zero-order valence-electron chi connectivity index (χ0n) is 11.6. The first kappa shape index (κ1) is 14.3. The monoisotopic (exact) mass is 309 g/mol. The summed E-state index contributed by atoms with van der Waals surface area (Å²) >= 11 is 7.53. The molecule has 1 aromatic rings. The van der Waals surface area contributed by atoms with Crippen LogP contribution in [0.5, 0.6) is 0 Å². The van der Waals surface area contributed by atoms with Gasteiger partial charge in [-0.05, 0) is 43.7 Å². The minimum absolute atomic E-state index is 0.0870. The Labute approximate surface area is 129 Å². The Kier molecular flexibility index (Phi) is 4.57. The number of amides is 1. The van der Waals surface area contributed by atoms with Gasteiger partial charge in [0.25, 0.3) is 0 Å². The van der Waals surface area contributed by atoms with Gasteiger partial charge >= 0.3 is 0 Å².